The molecule has 12 heteroatoms. The van der Waals surface area contributed by atoms with Crippen molar-refractivity contribution in [3.05, 3.63) is 94.5 Å². The minimum atomic E-state index is -5.18. The number of sulfonamides is 1. The van der Waals surface area contributed by atoms with E-state index < -0.39 is 44.4 Å². The topological polar surface area (TPSA) is 83.5 Å². The Labute approximate surface area is 196 Å². The van der Waals surface area contributed by atoms with Crippen LogP contribution in [-0.2, 0) is 35.2 Å². The zero-order valence-corrected chi connectivity index (χ0v) is 18.4. The van der Waals surface area contributed by atoms with E-state index in [4.69, 9.17) is 5.11 Å². The Hall–Kier alpha value is -3.54. The molecular weight excluding hydrogens is 500 g/mol. The third kappa shape index (κ3) is 6.75. The number of hydrogen-bond donors (Lipinski definition) is 2. The minimum Gasteiger partial charge on any atom is -0.478 e. The number of carboxylic acid groups (broad SMARTS) is 1. The highest BCUT2D eigenvalue weighted by molar-refractivity contribution is 7.92. The Morgan fingerprint density at radius 3 is 1.83 bits per heavy atom. The van der Waals surface area contributed by atoms with Crippen LogP contribution in [0.3, 0.4) is 0 Å². The van der Waals surface area contributed by atoms with E-state index in [9.17, 15) is 39.6 Å². The second-order valence-corrected chi connectivity index (χ2v) is 9.23. The SMILES string of the molecule is O=C(O)c1cccc(CCc2ccc(NS(=O)(=O)c3cc(C(F)(F)F)cc(C(F)(F)F)c3)cc2)c1. The van der Waals surface area contributed by atoms with Gasteiger partial charge in [-0.1, -0.05) is 24.3 Å². The van der Waals surface area contributed by atoms with Crippen molar-refractivity contribution in [1.82, 2.24) is 0 Å². The van der Waals surface area contributed by atoms with Crippen molar-refractivity contribution in [2.75, 3.05) is 4.72 Å². The predicted molar refractivity (Wildman–Crippen MR) is 115 cm³/mol. The number of alkyl halides is 6. The van der Waals surface area contributed by atoms with E-state index in [1.54, 1.807) is 12.1 Å². The van der Waals surface area contributed by atoms with Crippen LogP contribution in [0.5, 0.6) is 0 Å². The number of anilines is 1. The molecule has 0 heterocycles. The maximum Gasteiger partial charge on any atom is 0.416 e. The van der Waals surface area contributed by atoms with Crippen LogP contribution >= 0.6 is 0 Å². The smallest absolute Gasteiger partial charge is 0.416 e. The van der Waals surface area contributed by atoms with Crippen molar-refractivity contribution in [3.8, 4) is 0 Å². The van der Waals surface area contributed by atoms with Gasteiger partial charge in [-0.2, -0.15) is 26.3 Å². The van der Waals surface area contributed by atoms with Gasteiger partial charge in [0.05, 0.1) is 21.6 Å². The quantitative estimate of drug-likeness (QED) is 0.376. The van der Waals surface area contributed by atoms with Gasteiger partial charge < -0.3 is 5.11 Å². The molecule has 0 unspecified atom stereocenters. The molecule has 0 fully saturated rings. The molecule has 0 aliphatic heterocycles. The summed E-state index contributed by atoms with van der Waals surface area (Å²) in [6.45, 7) is 0. The lowest BCUT2D eigenvalue weighted by Crippen LogP contribution is -2.17. The van der Waals surface area contributed by atoms with Crippen LogP contribution < -0.4 is 4.72 Å². The standard InChI is InChI=1S/C23H17F6NO4S/c24-22(25,26)17-11-18(23(27,28)29)13-20(12-17)35(33,34)30-19-8-6-14(7-9-19)4-5-15-2-1-3-16(10-15)21(31)32/h1-3,6-13,30H,4-5H2,(H,31,32). The van der Waals surface area contributed by atoms with Crippen LogP contribution in [0.2, 0.25) is 0 Å². The van der Waals surface area contributed by atoms with E-state index in [0.29, 0.717) is 12.8 Å². The number of aromatic carboxylic acids is 1. The number of carbonyl (C=O) groups is 1. The van der Waals surface area contributed by atoms with E-state index >= 15 is 0 Å². The van der Waals surface area contributed by atoms with Gasteiger partial charge in [0.2, 0.25) is 0 Å². The number of aryl methyl sites for hydroxylation is 2. The Bertz CT molecular complexity index is 1300. The zero-order chi connectivity index (χ0) is 26.0. The summed E-state index contributed by atoms with van der Waals surface area (Å²) in [7, 11) is -4.77. The Morgan fingerprint density at radius 2 is 1.31 bits per heavy atom. The molecule has 0 atom stereocenters. The van der Waals surface area contributed by atoms with E-state index in [-0.39, 0.29) is 29.4 Å². The molecule has 5 nitrogen and oxygen atoms in total. The molecular formula is C23H17F6NO4S. The molecule has 0 aromatic heterocycles. The number of nitrogens with one attached hydrogen (secondary N) is 1. The molecule has 35 heavy (non-hydrogen) atoms. The molecule has 3 rings (SSSR count). The molecule has 0 aliphatic carbocycles. The molecule has 0 bridgehead atoms. The van der Waals surface area contributed by atoms with Crippen molar-refractivity contribution >= 4 is 21.7 Å². The summed E-state index contributed by atoms with van der Waals surface area (Å²) < 4.78 is 105. The highest BCUT2D eigenvalue weighted by Crippen LogP contribution is 2.37. The predicted octanol–water partition coefficient (Wildman–Crippen LogP) is 6.01. The third-order valence-electron chi connectivity index (χ3n) is 4.95. The molecule has 186 valence electrons. The summed E-state index contributed by atoms with van der Waals surface area (Å²) in [6, 6.07) is 12.2. The van der Waals surface area contributed by atoms with Crippen molar-refractivity contribution < 1.29 is 44.7 Å². The van der Waals surface area contributed by atoms with Gasteiger partial charge in [0.25, 0.3) is 10.0 Å². The van der Waals surface area contributed by atoms with E-state index in [1.807, 2.05) is 4.72 Å². The largest absolute Gasteiger partial charge is 0.478 e. The first-order valence-electron chi connectivity index (χ1n) is 9.89. The minimum absolute atomic E-state index is 0.0624. The second-order valence-electron chi connectivity index (χ2n) is 7.55. The van der Waals surface area contributed by atoms with Crippen molar-refractivity contribution in [1.29, 1.82) is 0 Å². The Morgan fingerprint density at radius 1 is 0.771 bits per heavy atom. The monoisotopic (exact) mass is 517 g/mol. The lowest BCUT2D eigenvalue weighted by atomic mass is 10.0. The van der Waals surface area contributed by atoms with Crippen molar-refractivity contribution in [2.24, 2.45) is 0 Å². The number of benzene rings is 3. The first-order chi connectivity index (χ1) is 16.1. The molecule has 0 radical (unpaired) electrons. The van der Waals surface area contributed by atoms with Gasteiger partial charge in [-0.05, 0) is 66.4 Å². The molecule has 0 aliphatic rings. The summed E-state index contributed by atoms with van der Waals surface area (Å²) in [6.07, 6.45) is -9.41. The molecule has 3 aromatic carbocycles. The number of carboxylic acids is 1. The fourth-order valence-corrected chi connectivity index (χ4v) is 4.31. The van der Waals surface area contributed by atoms with Gasteiger partial charge in [-0.25, -0.2) is 13.2 Å². The zero-order valence-electron chi connectivity index (χ0n) is 17.6. The second kappa shape index (κ2) is 9.61. The molecule has 0 spiro atoms. The van der Waals surface area contributed by atoms with E-state index in [1.165, 1.54) is 36.4 Å². The van der Waals surface area contributed by atoms with Gasteiger partial charge in [0.15, 0.2) is 0 Å². The highest BCUT2D eigenvalue weighted by atomic mass is 32.2. The maximum absolute atomic E-state index is 13.0. The van der Waals surface area contributed by atoms with Crippen LogP contribution in [0.4, 0.5) is 32.0 Å². The summed E-state index contributed by atoms with van der Waals surface area (Å²) in [5.41, 5.74) is -1.90. The number of rotatable bonds is 7. The van der Waals surface area contributed by atoms with Crippen LogP contribution in [0, 0.1) is 0 Å². The molecule has 0 amide bonds. The molecule has 2 N–H and O–H groups in total. The van der Waals surface area contributed by atoms with E-state index in [0.717, 1.165) is 11.1 Å². The van der Waals surface area contributed by atoms with Gasteiger partial charge in [0, 0.05) is 5.69 Å². The van der Waals surface area contributed by atoms with Crippen LogP contribution in [0.25, 0.3) is 0 Å². The summed E-state index contributed by atoms with van der Waals surface area (Å²) in [5.74, 6) is -1.06. The normalized spacial score (nSPS) is 12.4. The maximum atomic E-state index is 13.0. The first-order valence-corrected chi connectivity index (χ1v) is 11.4. The van der Waals surface area contributed by atoms with Gasteiger partial charge >= 0.3 is 18.3 Å². The Balaban J connectivity index is 1.78. The highest BCUT2D eigenvalue weighted by Gasteiger charge is 2.38. The van der Waals surface area contributed by atoms with E-state index in [2.05, 4.69) is 0 Å². The number of hydrogen-bond acceptors (Lipinski definition) is 3. The van der Waals surface area contributed by atoms with Gasteiger partial charge in [0.1, 0.15) is 0 Å². The Kier molecular flexibility index (Phi) is 7.16. The fraction of sp³-hybridized carbons (Fsp3) is 0.174. The molecule has 3 aromatic rings. The lowest BCUT2D eigenvalue weighted by molar-refractivity contribution is -0.143. The van der Waals surface area contributed by atoms with Crippen molar-refractivity contribution in [3.63, 3.8) is 0 Å². The summed E-state index contributed by atoms with van der Waals surface area (Å²) in [4.78, 5) is 9.87. The van der Waals surface area contributed by atoms with Gasteiger partial charge in [-0.3, -0.25) is 4.72 Å². The lowest BCUT2D eigenvalue weighted by Gasteiger charge is -2.15. The van der Waals surface area contributed by atoms with Crippen LogP contribution in [-0.4, -0.2) is 19.5 Å². The third-order valence-corrected chi connectivity index (χ3v) is 6.31. The van der Waals surface area contributed by atoms with Crippen LogP contribution in [0.1, 0.15) is 32.6 Å². The first kappa shape index (κ1) is 26.1. The van der Waals surface area contributed by atoms with Gasteiger partial charge in [-0.15, -0.1) is 0 Å². The average molecular weight is 517 g/mol. The molecule has 0 saturated carbocycles. The number of halogens is 6. The average Bonchev–Trinajstić information content (AvgIpc) is 2.77. The summed E-state index contributed by atoms with van der Waals surface area (Å²) >= 11 is 0. The fourth-order valence-electron chi connectivity index (χ4n) is 3.18. The van der Waals surface area contributed by atoms with Crippen LogP contribution in [0.15, 0.2) is 71.6 Å². The molecule has 0 saturated heterocycles. The summed E-state index contributed by atoms with van der Waals surface area (Å²) in [5, 5.41) is 9.04. The van der Waals surface area contributed by atoms with Crippen molar-refractivity contribution in [2.45, 2.75) is 30.1 Å².